The quantitative estimate of drug-likeness (QED) is 0.803. The predicted octanol–water partition coefficient (Wildman–Crippen LogP) is 1.90. The lowest BCUT2D eigenvalue weighted by atomic mass is 10.1. The van der Waals surface area contributed by atoms with Crippen LogP contribution in [0.4, 0.5) is 0 Å². The van der Waals surface area contributed by atoms with Crippen LogP contribution in [-0.2, 0) is 11.2 Å². The fourth-order valence-corrected chi connectivity index (χ4v) is 1.14. The Hall–Kier alpha value is -0.830. The smallest absolute Gasteiger partial charge is 0.147 e. The van der Waals surface area contributed by atoms with E-state index in [2.05, 4.69) is 15.9 Å². The van der Waals surface area contributed by atoms with E-state index in [1.165, 1.54) is 0 Å². The minimum atomic E-state index is 0.112. The molecular weight excluding hydrogens is 220 g/mol. The molecule has 12 heavy (non-hydrogen) atoms. The van der Waals surface area contributed by atoms with Crippen molar-refractivity contribution < 1.29 is 9.90 Å². The molecule has 0 aliphatic heterocycles. The van der Waals surface area contributed by atoms with Gasteiger partial charge in [-0.15, -0.1) is 0 Å². The van der Waals surface area contributed by atoms with Crippen molar-refractivity contribution in [2.24, 2.45) is 0 Å². The van der Waals surface area contributed by atoms with E-state index < -0.39 is 0 Å². The van der Waals surface area contributed by atoms with Gasteiger partial charge in [0.2, 0.25) is 0 Å². The molecule has 0 saturated heterocycles. The first kappa shape index (κ1) is 9.26. The maximum Gasteiger partial charge on any atom is 0.147 e. The van der Waals surface area contributed by atoms with Gasteiger partial charge in [0.25, 0.3) is 0 Å². The molecule has 0 aliphatic carbocycles. The first-order chi connectivity index (χ1) is 5.72. The highest BCUT2D eigenvalue weighted by atomic mass is 79.9. The summed E-state index contributed by atoms with van der Waals surface area (Å²) in [7, 11) is 0. The summed E-state index contributed by atoms with van der Waals surface area (Å²) in [6.45, 7) is 0. The van der Waals surface area contributed by atoms with Crippen molar-refractivity contribution in [1.82, 2.24) is 0 Å². The number of hydrogen-bond donors (Lipinski definition) is 1. The monoisotopic (exact) mass is 228 g/mol. The zero-order valence-electron chi connectivity index (χ0n) is 6.46. The fourth-order valence-electron chi connectivity index (χ4n) is 0.941. The standard InChI is InChI=1S/C9H9BrO2/c10-6-9(12)5-7-2-1-3-8(11)4-7/h1-4,11H,5-6H2. The van der Waals surface area contributed by atoms with E-state index in [1.54, 1.807) is 18.2 Å². The number of aromatic hydroxyl groups is 1. The van der Waals surface area contributed by atoms with Crippen molar-refractivity contribution in [3.63, 3.8) is 0 Å². The maximum absolute atomic E-state index is 11.0. The average Bonchev–Trinajstić information content (AvgIpc) is 2.04. The molecule has 0 unspecified atom stereocenters. The van der Waals surface area contributed by atoms with E-state index in [4.69, 9.17) is 5.11 Å². The van der Waals surface area contributed by atoms with Gasteiger partial charge in [0.1, 0.15) is 11.5 Å². The van der Waals surface area contributed by atoms with Crippen molar-refractivity contribution in [1.29, 1.82) is 0 Å². The number of phenols is 1. The van der Waals surface area contributed by atoms with E-state index >= 15 is 0 Å². The van der Waals surface area contributed by atoms with Crippen molar-refractivity contribution in [2.45, 2.75) is 6.42 Å². The lowest BCUT2D eigenvalue weighted by Crippen LogP contribution is -2.02. The zero-order chi connectivity index (χ0) is 8.97. The van der Waals surface area contributed by atoms with Gasteiger partial charge in [-0.25, -0.2) is 0 Å². The van der Waals surface area contributed by atoms with Gasteiger partial charge < -0.3 is 5.11 Å². The van der Waals surface area contributed by atoms with Crippen LogP contribution >= 0.6 is 15.9 Å². The molecule has 2 nitrogen and oxygen atoms in total. The highest BCUT2D eigenvalue weighted by Crippen LogP contribution is 2.11. The summed E-state index contributed by atoms with van der Waals surface area (Å²) in [4.78, 5) is 11.0. The SMILES string of the molecule is O=C(CBr)Cc1cccc(O)c1. The van der Waals surface area contributed by atoms with Gasteiger partial charge in [-0.05, 0) is 17.7 Å². The number of phenolic OH excluding ortho intramolecular Hbond substituents is 1. The number of rotatable bonds is 3. The molecule has 0 aliphatic rings. The minimum absolute atomic E-state index is 0.112. The van der Waals surface area contributed by atoms with Gasteiger partial charge >= 0.3 is 0 Å². The maximum atomic E-state index is 11.0. The van der Waals surface area contributed by atoms with Gasteiger partial charge in [-0.3, -0.25) is 4.79 Å². The Kier molecular flexibility index (Phi) is 3.29. The summed E-state index contributed by atoms with van der Waals surface area (Å²) in [5, 5.41) is 9.44. The number of benzene rings is 1. The molecule has 0 spiro atoms. The zero-order valence-corrected chi connectivity index (χ0v) is 8.04. The van der Waals surface area contributed by atoms with E-state index in [0.29, 0.717) is 11.8 Å². The van der Waals surface area contributed by atoms with Crippen LogP contribution in [0.3, 0.4) is 0 Å². The van der Waals surface area contributed by atoms with Crippen molar-refractivity contribution >= 4 is 21.7 Å². The van der Waals surface area contributed by atoms with Crippen LogP contribution in [0.2, 0.25) is 0 Å². The molecule has 0 aromatic heterocycles. The Morgan fingerprint density at radius 1 is 1.50 bits per heavy atom. The highest BCUT2D eigenvalue weighted by molar-refractivity contribution is 9.09. The molecule has 1 aromatic carbocycles. The van der Waals surface area contributed by atoms with Gasteiger partial charge in [0.05, 0.1) is 5.33 Å². The van der Waals surface area contributed by atoms with Crippen LogP contribution in [0.25, 0.3) is 0 Å². The summed E-state index contributed by atoms with van der Waals surface area (Å²) in [5.74, 6) is 0.315. The molecule has 0 saturated carbocycles. The number of alkyl halides is 1. The van der Waals surface area contributed by atoms with Gasteiger partial charge in [0.15, 0.2) is 0 Å². The van der Waals surface area contributed by atoms with Crippen molar-refractivity contribution in [3.05, 3.63) is 29.8 Å². The van der Waals surface area contributed by atoms with Crippen LogP contribution in [0.15, 0.2) is 24.3 Å². The summed E-state index contributed by atoms with van der Waals surface area (Å²) in [6.07, 6.45) is 0.375. The first-order valence-corrected chi connectivity index (χ1v) is 4.70. The van der Waals surface area contributed by atoms with Crippen LogP contribution in [-0.4, -0.2) is 16.2 Å². The van der Waals surface area contributed by atoms with Crippen LogP contribution in [0.1, 0.15) is 5.56 Å². The Balaban J connectivity index is 2.69. The second kappa shape index (κ2) is 4.26. The molecule has 3 heteroatoms. The van der Waals surface area contributed by atoms with E-state index in [1.807, 2.05) is 6.07 Å². The number of carbonyl (C=O) groups is 1. The molecule has 0 amide bonds. The topological polar surface area (TPSA) is 37.3 Å². The summed E-state index contributed by atoms with van der Waals surface area (Å²) >= 11 is 3.08. The molecule has 0 fully saturated rings. The second-order valence-corrected chi connectivity index (χ2v) is 3.08. The highest BCUT2D eigenvalue weighted by Gasteiger charge is 2.01. The van der Waals surface area contributed by atoms with Crippen LogP contribution in [0.5, 0.6) is 5.75 Å². The van der Waals surface area contributed by atoms with Crippen molar-refractivity contribution in [2.75, 3.05) is 5.33 Å². The lowest BCUT2D eigenvalue weighted by Gasteiger charge is -1.98. The number of hydrogen-bond acceptors (Lipinski definition) is 2. The molecular formula is C9H9BrO2. The molecule has 0 bridgehead atoms. The van der Waals surface area contributed by atoms with Gasteiger partial charge in [0, 0.05) is 6.42 Å². The Morgan fingerprint density at radius 2 is 2.25 bits per heavy atom. The molecule has 1 N–H and O–H groups in total. The molecule has 0 radical (unpaired) electrons. The third-order valence-corrected chi connectivity index (χ3v) is 2.09. The molecule has 1 aromatic rings. The summed E-state index contributed by atoms with van der Waals surface area (Å²) in [6, 6.07) is 6.73. The average molecular weight is 229 g/mol. The number of halogens is 1. The minimum Gasteiger partial charge on any atom is -0.508 e. The van der Waals surface area contributed by atoms with Gasteiger partial charge in [-0.2, -0.15) is 0 Å². The number of Topliss-reactive ketones (excluding diaryl/α,β-unsaturated/α-hetero) is 1. The molecule has 1 rings (SSSR count). The number of carbonyl (C=O) groups excluding carboxylic acids is 1. The third-order valence-electron chi connectivity index (χ3n) is 1.46. The van der Waals surface area contributed by atoms with E-state index in [0.717, 1.165) is 5.56 Å². The molecule has 64 valence electrons. The summed E-state index contributed by atoms with van der Waals surface area (Å²) < 4.78 is 0. The Labute approximate surface area is 79.3 Å². The second-order valence-electron chi connectivity index (χ2n) is 2.52. The predicted molar refractivity (Wildman–Crippen MR) is 50.6 cm³/mol. The Bertz CT molecular complexity index is 284. The third kappa shape index (κ3) is 2.66. The van der Waals surface area contributed by atoms with Crippen molar-refractivity contribution in [3.8, 4) is 5.75 Å². The van der Waals surface area contributed by atoms with Crippen LogP contribution < -0.4 is 0 Å². The fraction of sp³-hybridized carbons (Fsp3) is 0.222. The summed E-state index contributed by atoms with van der Waals surface area (Å²) in [5.41, 5.74) is 0.847. The first-order valence-electron chi connectivity index (χ1n) is 3.58. The van der Waals surface area contributed by atoms with E-state index in [9.17, 15) is 4.79 Å². The van der Waals surface area contributed by atoms with E-state index in [-0.39, 0.29) is 11.5 Å². The molecule has 0 atom stereocenters. The normalized spacial score (nSPS) is 9.75. The van der Waals surface area contributed by atoms with Gasteiger partial charge in [-0.1, -0.05) is 28.1 Å². The number of ketones is 1. The molecule has 0 heterocycles. The largest absolute Gasteiger partial charge is 0.508 e. The van der Waals surface area contributed by atoms with Crippen LogP contribution in [0, 0.1) is 0 Å². The Morgan fingerprint density at radius 3 is 2.83 bits per heavy atom. The lowest BCUT2D eigenvalue weighted by molar-refractivity contribution is -0.115.